The Labute approximate surface area is 234 Å². The molecule has 0 bridgehead atoms. The molecule has 0 spiro atoms. The van der Waals surface area contributed by atoms with Crippen LogP contribution in [0.15, 0.2) is 45.9 Å². The SMILES string of the molecule is CCOc1ccc(C(=O)Nc2ccc(F)c([C@@]3(C)N=C(NC(=O)OC(C)(C)C)C(C)(C)[S@@]4(=O)=NCC[C@@H]34)c2)nc1. The van der Waals surface area contributed by atoms with Gasteiger partial charge in [0, 0.05) is 17.8 Å². The number of hydrogen-bond acceptors (Lipinski definition) is 8. The maximum atomic E-state index is 15.5. The highest BCUT2D eigenvalue weighted by atomic mass is 32.2. The molecule has 2 aliphatic heterocycles. The van der Waals surface area contributed by atoms with Crippen LogP contribution in [0.2, 0.25) is 0 Å². The largest absolute Gasteiger partial charge is 0.492 e. The Balaban J connectivity index is 1.73. The number of anilines is 1. The molecule has 12 heteroatoms. The van der Waals surface area contributed by atoms with E-state index in [-0.39, 0.29) is 17.1 Å². The van der Waals surface area contributed by atoms with Crippen molar-refractivity contribution >= 4 is 33.3 Å². The predicted octanol–water partition coefficient (Wildman–Crippen LogP) is 5.04. The van der Waals surface area contributed by atoms with Gasteiger partial charge in [0.1, 0.15) is 39.0 Å². The topological polar surface area (TPSA) is 131 Å². The van der Waals surface area contributed by atoms with Gasteiger partial charge in [-0.2, -0.15) is 0 Å². The quantitative estimate of drug-likeness (QED) is 0.515. The Kier molecular flexibility index (Phi) is 7.70. The van der Waals surface area contributed by atoms with Gasteiger partial charge in [0.25, 0.3) is 5.91 Å². The predicted molar refractivity (Wildman–Crippen MR) is 152 cm³/mol. The van der Waals surface area contributed by atoms with Crippen LogP contribution in [0.5, 0.6) is 5.75 Å². The van der Waals surface area contributed by atoms with Gasteiger partial charge in [-0.05, 0) is 85.2 Å². The monoisotopic (exact) mass is 573 g/mol. The van der Waals surface area contributed by atoms with Gasteiger partial charge < -0.3 is 14.8 Å². The van der Waals surface area contributed by atoms with Crippen LogP contribution in [-0.2, 0) is 20.0 Å². The second kappa shape index (κ2) is 10.5. The number of ether oxygens (including phenoxy) is 2. The molecular weight excluding hydrogens is 537 g/mol. The van der Waals surface area contributed by atoms with Crippen LogP contribution in [0.25, 0.3) is 0 Å². The molecule has 0 radical (unpaired) electrons. The number of carbonyl (C=O) groups is 2. The zero-order valence-electron chi connectivity index (χ0n) is 23.8. The first kappa shape index (κ1) is 29.4. The molecule has 2 amide bonds. The summed E-state index contributed by atoms with van der Waals surface area (Å²) in [7, 11) is -3.02. The Morgan fingerprint density at radius 1 is 1.15 bits per heavy atom. The number of carbonyl (C=O) groups excluding carboxylic acids is 2. The summed E-state index contributed by atoms with van der Waals surface area (Å²) < 4.78 is 44.1. The van der Waals surface area contributed by atoms with E-state index in [2.05, 4.69) is 20.0 Å². The van der Waals surface area contributed by atoms with Gasteiger partial charge in [0.05, 0.1) is 27.8 Å². The molecule has 0 fully saturated rings. The second-order valence-electron chi connectivity index (χ2n) is 11.4. The normalized spacial score (nSPS) is 25.2. The summed E-state index contributed by atoms with van der Waals surface area (Å²) in [6.07, 6.45) is 1.12. The Morgan fingerprint density at radius 3 is 2.50 bits per heavy atom. The number of alkyl carbamates (subject to hydrolysis) is 1. The summed E-state index contributed by atoms with van der Waals surface area (Å²) in [5.74, 6) is -0.446. The minimum absolute atomic E-state index is 0.101. The second-order valence-corrected chi connectivity index (χ2v) is 14.4. The maximum Gasteiger partial charge on any atom is 0.413 e. The lowest BCUT2D eigenvalue weighted by molar-refractivity contribution is 0.0560. The van der Waals surface area contributed by atoms with E-state index >= 15 is 4.39 Å². The molecule has 2 N–H and O–H groups in total. The number of hydrogen-bond donors (Lipinski definition) is 2. The standard InChI is InChI=1S/C28H36FN5O5S/c1-8-38-18-10-12-21(30-16-18)23(35)32-17-9-11-20(29)19(15-17)28(7)22-13-14-31-40(22,37)27(5,6)24(34-28)33-25(36)39-26(2,3)4/h9-12,15-16,22H,8,13-14H2,1-7H3,(H,32,35)(H,33,34,36)/t22-,28+,40+/m0/s1. The number of pyridine rings is 1. The van der Waals surface area contributed by atoms with Crippen molar-refractivity contribution in [3.05, 3.63) is 53.6 Å². The van der Waals surface area contributed by atoms with Crippen LogP contribution >= 0.6 is 0 Å². The Morgan fingerprint density at radius 2 is 1.88 bits per heavy atom. The number of halogens is 1. The van der Waals surface area contributed by atoms with Gasteiger partial charge in [-0.1, -0.05) is 0 Å². The van der Waals surface area contributed by atoms with Crippen LogP contribution in [0.4, 0.5) is 14.9 Å². The minimum atomic E-state index is -3.02. The van der Waals surface area contributed by atoms with Crippen LogP contribution in [0.3, 0.4) is 0 Å². The molecule has 0 aliphatic carbocycles. The van der Waals surface area contributed by atoms with Crippen LogP contribution in [0.1, 0.15) is 70.9 Å². The van der Waals surface area contributed by atoms with Crippen molar-refractivity contribution in [2.75, 3.05) is 18.5 Å². The Bertz CT molecular complexity index is 1470. The van der Waals surface area contributed by atoms with E-state index in [4.69, 9.17) is 14.5 Å². The highest BCUT2D eigenvalue weighted by Gasteiger charge is 2.57. The lowest BCUT2D eigenvalue weighted by atomic mass is 9.85. The molecule has 1 aromatic heterocycles. The highest BCUT2D eigenvalue weighted by molar-refractivity contribution is 7.96. The lowest BCUT2D eigenvalue weighted by Gasteiger charge is -2.45. The molecule has 40 heavy (non-hydrogen) atoms. The van der Waals surface area contributed by atoms with Crippen LogP contribution in [-0.4, -0.2) is 55.8 Å². The lowest BCUT2D eigenvalue weighted by Crippen LogP contribution is -2.60. The van der Waals surface area contributed by atoms with Crippen LogP contribution in [0, 0.1) is 5.82 Å². The fraction of sp³-hybridized carbons (Fsp3) is 0.500. The van der Waals surface area contributed by atoms with Gasteiger partial charge in [-0.3, -0.25) is 15.1 Å². The van der Waals surface area contributed by atoms with Crippen molar-refractivity contribution in [3.63, 3.8) is 0 Å². The number of fused-ring (bicyclic) bond motifs is 1. The number of aromatic nitrogens is 1. The molecule has 3 heterocycles. The molecule has 3 atom stereocenters. The van der Waals surface area contributed by atoms with E-state index in [1.807, 2.05) is 6.92 Å². The summed E-state index contributed by atoms with van der Waals surface area (Å²) in [6, 6.07) is 7.31. The third-order valence-corrected chi connectivity index (χ3v) is 10.7. The average molecular weight is 574 g/mol. The van der Waals surface area contributed by atoms with Crippen molar-refractivity contribution < 1.29 is 27.7 Å². The summed E-state index contributed by atoms with van der Waals surface area (Å²) in [5.41, 5.74) is -1.55. The summed E-state index contributed by atoms with van der Waals surface area (Å²) in [6.45, 7) is 12.9. The maximum absolute atomic E-state index is 15.5. The van der Waals surface area contributed by atoms with Crippen molar-refractivity contribution in [1.29, 1.82) is 0 Å². The van der Waals surface area contributed by atoms with E-state index in [9.17, 15) is 13.8 Å². The first-order valence-electron chi connectivity index (χ1n) is 13.1. The number of amides is 2. The van der Waals surface area contributed by atoms with E-state index in [0.29, 0.717) is 31.0 Å². The molecule has 0 unspecified atom stereocenters. The molecule has 10 nitrogen and oxygen atoms in total. The van der Waals surface area contributed by atoms with E-state index in [1.54, 1.807) is 47.6 Å². The minimum Gasteiger partial charge on any atom is -0.492 e. The van der Waals surface area contributed by atoms with Crippen LogP contribution < -0.4 is 15.4 Å². The fourth-order valence-corrected chi connectivity index (χ4v) is 8.20. The average Bonchev–Trinajstić information content (AvgIpc) is 3.28. The van der Waals surface area contributed by atoms with Gasteiger partial charge >= 0.3 is 6.09 Å². The van der Waals surface area contributed by atoms with Gasteiger partial charge in [0.15, 0.2) is 0 Å². The van der Waals surface area contributed by atoms with Gasteiger partial charge in [-0.25, -0.2) is 22.7 Å². The highest BCUT2D eigenvalue weighted by Crippen LogP contribution is 2.48. The summed E-state index contributed by atoms with van der Waals surface area (Å²) >= 11 is 0. The number of nitrogens with one attached hydrogen (secondary N) is 2. The molecule has 0 saturated heterocycles. The van der Waals surface area contributed by atoms with Crippen molar-refractivity contribution in [1.82, 2.24) is 10.3 Å². The van der Waals surface area contributed by atoms with E-state index in [0.717, 1.165) is 0 Å². The summed E-state index contributed by atoms with van der Waals surface area (Å²) in [5, 5.41) is 4.78. The number of amidine groups is 1. The van der Waals surface area contributed by atoms with Gasteiger partial charge in [-0.15, -0.1) is 0 Å². The fourth-order valence-electron chi connectivity index (χ4n) is 5.01. The number of aliphatic imine (C=N–C) groups is 1. The van der Waals surface area contributed by atoms with Crippen molar-refractivity contribution in [3.8, 4) is 5.75 Å². The molecule has 0 saturated carbocycles. The molecule has 2 aromatic rings. The van der Waals surface area contributed by atoms with E-state index < -0.39 is 48.7 Å². The summed E-state index contributed by atoms with van der Waals surface area (Å²) in [4.78, 5) is 34.6. The molecule has 2 aliphatic rings. The smallest absolute Gasteiger partial charge is 0.413 e. The number of benzene rings is 1. The third-order valence-electron chi connectivity index (χ3n) is 7.00. The number of rotatable bonds is 5. The van der Waals surface area contributed by atoms with Crippen molar-refractivity contribution in [2.45, 2.75) is 76.0 Å². The van der Waals surface area contributed by atoms with Crippen molar-refractivity contribution in [2.24, 2.45) is 9.36 Å². The van der Waals surface area contributed by atoms with Gasteiger partial charge in [0.2, 0.25) is 0 Å². The Hall–Kier alpha value is -3.54. The first-order valence-corrected chi connectivity index (χ1v) is 14.7. The van der Waals surface area contributed by atoms with E-state index in [1.165, 1.54) is 30.5 Å². The molecule has 216 valence electrons. The zero-order chi connectivity index (χ0) is 29.5. The molecule has 4 rings (SSSR count). The third kappa shape index (κ3) is 5.41. The number of nitrogens with zero attached hydrogens (tertiary/aromatic N) is 3. The first-order chi connectivity index (χ1) is 18.6. The molecular formula is C28H36FN5O5S. The zero-order valence-corrected chi connectivity index (χ0v) is 24.6. The molecule has 1 aromatic carbocycles.